The average Bonchev–Trinajstić information content (AvgIpc) is 2.84. The number of hydrogen-bond acceptors (Lipinski definition) is 5. The molecule has 0 fully saturated rings. The van der Waals surface area contributed by atoms with Gasteiger partial charge in [0.1, 0.15) is 5.69 Å². The van der Waals surface area contributed by atoms with E-state index >= 15 is 0 Å². The molecule has 0 spiro atoms. The number of amides is 1. The fourth-order valence-electron chi connectivity index (χ4n) is 1.57. The zero-order valence-electron chi connectivity index (χ0n) is 10.9. The monoisotopic (exact) mass is 276 g/mol. The van der Waals surface area contributed by atoms with E-state index in [9.17, 15) is 4.79 Å². The lowest BCUT2D eigenvalue weighted by atomic mass is 10.3. The molecule has 2 aromatic heterocycles. The van der Waals surface area contributed by atoms with Crippen LogP contribution in [0.4, 0.5) is 5.69 Å². The summed E-state index contributed by atoms with van der Waals surface area (Å²) in [4.78, 5) is 20.3. The van der Waals surface area contributed by atoms with Gasteiger partial charge in [0.25, 0.3) is 5.91 Å². The van der Waals surface area contributed by atoms with Crippen LogP contribution >= 0.6 is 11.3 Å². The van der Waals surface area contributed by atoms with Crippen LogP contribution in [0.1, 0.15) is 21.2 Å². The molecule has 100 valence electrons. The highest BCUT2D eigenvalue weighted by Gasteiger charge is 2.06. The molecule has 0 saturated carbocycles. The van der Waals surface area contributed by atoms with Gasteiger partial charge in [-0.2, -0.15) is 0 Å². The number of aryl methyl sites for hydroxylation is 1. The van der Waals surface area contributed by atoms with Crippen LogP contribution in [-0.2, 0) is 6.42 Å². The Bertz CT molecular complexity index is 550. The van der Waals surface area contributed by atoms with Crippen molar-refractivity contribution in [2.75, 3.05) is 18.9 Å². The average molecular weight is 276 g/mol. The lowest BCUT2D eigenvalue weighted by Crippen LogP contribution is -2.26. The maximum atomic E-state index is 11.8. The molecule has 0 unspecified atom stereocenters. The van der Waals surface area contributed by atoms with Crippen molar-refractivity contribution >= 4 is 22.9 Å². The molecule has 5 nitrogen and oxygen atoms in total. The van der Waals surface area contributed by atoms with E-state index in [0.29, 0.717) is 12.2 Å². The Morgan fingerprint density at radius 1 is 1.42 bits per heavy atom. The van der Waals surface area contributed by atoms with Crippen LogP contribution in [0.25, 0.3) is 0 Å². The zero-order valence-corrected chi connectivity index (χ0v) is 11.8. The number of nitrogens with zero attached hydrogens (tertiary/aromatic N) is 2. The van der Waals surface area contributed by atoms with E-state index in [4.69, 9.17) is 0 Å². The number of anilines is 1. The van der Waals surface area contributed by atoms with Crippen LogP contribution in [0.2, 0.25) is 0 Å². The quantitative estimate of drug-likeness (QED) is 0.874. The summed E-state index contributed by atoms with van der Waals surface area (Å²) in [7, 11) is 1.81. The number of aromatic nitrogens is 2. The van der Waals surface area contributed by atoms with Gasteiger partial charge in [-0.15, -0.1) is 11.3 Å². The van der Waals surface area contributed by atoms with Gasteiger partial charge in [-0.3, -0.25) is 4.79 Å². The molecule has 6 heteroatoms. The molecule has 19 heavy (non-hydrogen) atoms. The highest BCUT2D eigenvalue weighted by atomic mass is 32.1. The molecule has 0 saturated heterocycles. The molecule has 2 N–H and O–H groups in total. The van der Waals surface area contributed by atoms with E-state index in [1.165, 1.54) is 0 Å². The van der Waals surface area contributed by atoms with Crippen LogP contribution < -0.4 is 10.6 Å². The van der Waals surface area contributed by atoms with Crippen molar-refractivity contribution in [3.05, 3.63) is 40.1 Å². The van der Waals surface area contributed by atoms with Crippen molar-refractivity contribution in [1.82, 2.24) is 15.3 Å². The van der Waals surface area contributed by atoms with Gasteiger partial charge in [0.2, 0.25) is 0 Å². The predicted molar refractivity (Wildman–Crippen MR) is 76.7 cm³/mol. The van der Waals surface area contributed by atoms with Gasteiger partial charge in [-0.05, 0) is 19.1 Å². The fraction of sp³-hybridized carbons (Fsp3) is 0.308. The summed E-state index contributed by atoms with van der Waals surface area (Å²) in [6.07, 6.45) is 2.39. The van der Waals surface area contributed by atoms with Crippen LogP contribution in [-0.4, -0.2) is 29.5 Å². The predicted octanol–water partition coefficient (Wildman–Crippen LogP) is 1.86. The first kappa shape index (κ1) is 13.5. The van der Waals surface area contributed by atoms with E-state index in [0.717, 1.165) is 22.8 Å². The minimum absolute atomic E-state index is 0.157. The number of carbonyl (C=O) groups excluding carboxylic acids is 1. The summed E-state index contributed by atoms with van der Waals surface area (Å²) in [5, 5.41) is 8.85. The third-order valence-corrected chi connectivity index (χ3v) is 3.60. The second-order valence-corrected chi connectivity index (χ2v) is 5.01. The SMILES string of the molecule is CNc1ccc(C(=O)NCCc2nc(C)cs2)nc1. The van der Waals surface area contributed by atoms with Crippen molar-refractivity contribution in [3.8, 4) is 0 Å². The molecule has 0 radical (unpaired) electrons. The molecule has 0 aromatic carbocycles. The molecule has 0 aliphatic carbocycles. The van der Waals surface area contributed by atoms with Crippen molar-refractivity contribution in [2.45, 2.75) is 13.3 Å². The van der Waals surface area contributed by atoms with E-state index in [1.54, 1.807) is 23.6 Å². The van der Waals surface area contributed by atoms with Crippen molar-refractivity contribution in [2.24, 2.45) is 0 Å². The van der Waals surface area contributed by atoms with Crippen LogP contribution in [0.3, 0.4) is 0 Å². The summed E-state index contributed by atoms with van der Waals surface area (Å²) in [6.45, 7) is 2.53. The highest BCUT2D eigenvalue weighted by molar-refractivity contribution is 7.09. The van der Waals surface area contributed by atoms with E-state index in [2.05, 4.69) is 20.6 Å². The lowest BCUT2D eigenvalue weighted by Gasteiger charge is -2.04. The summed E-state index contributed by atoms with van der Waals surface area (Å²) < 4.78 is 0. The second-order valence-electron chi connectivity index (χ2n) is 4.07. The first-order valence-corrected chi connectivity index (χ1v) is 6.90. The Labute approximate surface area is 116 Å². The van der Waals surface area contributed by atoms with Crippen molar-refractivity contribution < 1.29 is 4.79 Å². The standard InChI is InChI=1S/C13H16N4OS/c1-9-8-19-12(17-9)5-6-15-13(18)11-4-3-10(14-2)7-16-11/h3-4,7-8,14H,5-6H2,1-2H3,(H,15,18). The Morgan fingerprint density at radius 2 is 2.26 bits per heavy atom. The minimum atomic E-state index is -0.157. The lowest BCUT2D eigenvalue weighted by molar-refractivity contribution is 0.0949. The van der Waals surface area contributed by atoms with E-state index in [-0.39, 0.29) is 5.91 Å². The van der Waals surface area contributed by atoms with Crippen LogP contribution in [0.15, 0.2) is 23.7 Å². The van der Waals surface area contributed by atoms with Gasteiger partial charge in [0.05, 0.1) is 16.9 Å². The summed E-state index contributed by atoms with van der Waals surface area (Å²) in [5.41, 5.74) is 2.33. The Balaban J connectivity index is 1.83. The van der Waals surface area contributed by atoms with Gasteiger partial charge in [-0.1, -0.05) is 0 Å². The number of pyridine rings is 1. The Morgan fingerprint density at radius 3 is 2.84 bits per heavy atom. The highest BCUT2D eigenvalue weighted by Crippen LogP contribution is 2.09. The van der Waals surface area contributed by atoms with Crippen molar-refractivity contribution in [1.29, 1.82) is 0 Å². The third kappa shape index (κ3) is 3.75. The number of rotatable bonds is 5. The smallest absolute Gasteiger partial charge is 0.269 e. The minimum Gasteiger partial charge on any atom is -0.387 e. The molecular formula is C13H16N4OS. The fourth-order valence-corrected chi connectivity index (χ4v) is 2.34. The molecular weight excluding hydrogens is 260 g/mol. The molecule has 2 rings (SSSR count). The normalized spacial score (nSPS) is 10.2. The van der Waals surface area contributed by atoms with Crippen molar-refractivity contribution in [3.63, 3.8) is 0 Å². The van der Waals surface area contributed by atoms with Gasteiger partial charge >= 0.3 is 0 Å². The summed E-state index contributed by atoms with van der Waals surface area (Å²) in [6, 6.07) is 3.53. The molecule has 1 amide bonds. The first-order chi connectivity index (χ1) is 9.19. The number of thiazole rings is 1. The molecule has 2 aromatic rings. The Hall–Kier alpha value is -1.95. The van der Waals surface area contributed by atoms with E-state index < -0.39 is 0 Å². The molecule has 0 atom stereocenters. The van der Waals surface area contributed by atoms with Crippen LogP contribution in [0.5, 0.6) is 0 Å². The van der Waals surface area contributed by atoms with Gasteiger partial charge in [0.15, 0.2) is 0 Å². The van der Waals surface area contributed by atoms with Gasteiger partial charge in [0, 0.05) is 31.1 Å². The van der Waals surface area contributed by atoms with Gasteiger partial charge < -0.3 is 10.6 Å². The first-order valence-electron chi connectivity index (χ1n) is 6.02. The van der Waals surface area contributed by atoms with Crippen LogP contribution in [0, 0.1) is 6.92 Å². The topological polar surface area (TPSA) is 66.9 Å². The number of nitrogens with one attached hydrogen (secondary N) is 2. The third-order valence-electron chi connectivity index (χ3n) is 2.58. The maximum absolute atomic E-state index is 11.8. The largest absolute Gasteiger partial charge is 0.387 e. The Kier molecular flexibility index (Phi) is 4.46. The molecule has 2 heterocycles. The summed E-state index contributed by atoms with van der Waals surface area (Å²) >= 11 is 1.62. The maximum Gasteiger partial charge on any atom is 0.269 e. The van der Waals surface area contributed by atoms with Gasteiger partial charge in [-0.25, -0.2) is 9.97 Å². The number of hydrogen-bond donors (Lipinski definition) is 2. The summed E-state index contributed by atoms with van der Waals surface area (Å²) in [5.74, 6) is -0.157. The zero-order chi connectivity index (χ0) is 13.7. The van der Waals surface area contributed by atoms with E-state index in [1.807, 2.05) is 25.4 Å². The second kappa shape index (κ2) is 6.29. The number of carbonyl (C=O) groups is 1. The molecule has 0 aliphatic rings. The molecule has 0 aliphatic heterocycles. The molecule has 0 bridgehead atoms.